The highest BCUT2D eigenvalue weighted by molar-refractivity contribution is 5.97. The molecule has 10 heterocycles. The van der Waals surface area contributed by atoms with Crippen molar-refractivity contribution in [1.82, 2.24) is 64.2 Å². The first-order valence-corrected chi connectivity index (χ1v) is 40.7. The molecule has 4 fully saturated rings. The van der Waals surface area contributed by atoms with Gasteiger partial charge in [0.1, 0.15) is 35.1 Å². The highest BCUT2D eigenvalue weighted by atomic mass is 16.5. The molecule has 0 bridgehead atoms. The normalized spacial score (nSPS) is 17.9. The summed E-state index contributed by atoms with van der Waals surface area (Å²) >= 11 is 0. The van der Waals surface area contributed by atoms with Crippen molar-refractivity contribution in [2.75, 3.05) is 202 Å². The van der Waals surface area contributed by atoms with Crippen molar-refractivity contribution in [1.29, 1.82) is 0 Å². The number of nitrogens with zero attached hydrogens (tertiary/aromatic N) is 19. The number of aromatic nitrogens is 6. The van der Waals surface area contributed by atoms with Crippen molar-refractivity contribution in [3.63, 3.8) is 0 Å². The first kappa shape index (κ1) is 81.3. The summed E-state index contributed by atoms with van der Waals surface area (Å²) < 4.78 is 12.3. The van der Waals surface area contributed by atoms with Gasteiger partial charge in [-0.3, -0.25) is 24.2 Å². The maximum absolute atomic E-state index is 12.3. The third-order valence-corrected chi connectivity index (χ3v) is 22.9. The largest absolute Gasteiger partial charge is 0.508 e. The van der Waals surface area contributed by atoms with E-state index in [1.807, 2.05) is 90.3 Å². The van der Waals surface area contributed by atoms with Crippen LogP contribution in [-0.4, -0.2) is 277 Å². The van der Waals surface area contributed by atoms with Gasteiger partial charge in [0.15, 0.2) is 0 Å². The number of aromatic hydroxyl groups is 2. The monoisotopic (exact) mass is 1550 g/mol. The number of hydrogen-bond acceptors (Lipinski definition) is 23. The Morgan fingerprint density at radius 1 is 0.526 bits per heavy atom. The minimum atomic E-state index is -0.0832. The lowest BCUT2D eigenvalue weighted by Crippen LogP contribution is -2.54. The average Bonchev–Trinajstić information content (AvgIpc) is 0.766. The van der Waals surface area contributed by atoms with Crippen LogP contribution < -0.4 is 38.9 Å². The van der Waals surface area contributed by atoms with E-state index >= 15 is 0 Å². The van der Waals surface area contributed by atoms with Crippen LogP contribution in [0, 0.1) is 0 Å². The number of phenols is 2. The third-order valence-electron chi connectivity index (χ3n) is 22.9. The SMILES string of the molecule is C=CC(=O)N1CCN(c2nc(N3CCN(CCC)CC3)nc3c2CCN(c2cc(O)cc4ccccc24)C3)CC1.C=CC(=O)N1CCN(c2nc(OCCCN(C)C)nc3c2CCN(C(C)c2ccccc2)C3)CC1.C=CC(=O)N1CCN(c2nc(O[C@H](C)CN(C)C)nc3c2CCN(c2cc(O)cc4ccccc24)C3)[C@@H](C)C1. The Balaban J connectivity index is 0.000000150. The Hall–Kier alpha value is -10.7. The van der Waals surface area contributed by atoms with E-state index in [2.05, 4.69) is 146 Å². The number of anilines is 6. The highest BCUT2D eigenvalue weighted by Crippen LogP contribution is 2.41. The first-order chi connectivity index (χ1) is 55.2. The van der Waals surface area contributed by atoms with Crippen molar-refractivity contribution in [2.24, 2.45) is 0 Å². The Morgan fingerprint density at radius 3 is 1.57 bits per heavy atom. The molecule has 7 aliphatic rings. The topological polar surface area (TPSA) is 230 Å². The number of carbonyl (C=O) groups excluding carboxylic acids is 3. The molecule has 1 unspecified atom stereocenters. The van der Waals surface area contributed by atoms with Crippen LogP contribution >= 0.6 is 0 Å². The zero-order valence-corrected chi connectivity index (χ0v) is 68.0. The molecular formula is C88H115N19O7. The van der Waals surface area contributed by atoms with Crippen LogP contribution in [0.5, 0.6) is 23.5 Å². The zero-order valence-electron chi connectivity index (χ0n) is 68.0. The van der Waals surface area contributed by atoms with Crippen molar-refractivity contribution in [3.8, 4) is 23.5 Å². The number of ether oxygens (including phenoxy) is 2. The molecule has 7 aliphatic heterocycles. The van der Waals surface area contributed by atoms with Gasteiger partial charge in [0.2, 0.25) is 23.7 Å². The molecule has 3 amide bonds. The fourth-order valence-corrected chi connectivity index (χ4v) is 16.9. The summed E-state index contributed by atoms with van der Waals surface area (Å²) in [5.41, 5.74) is 9.92. The lowest BCUT2D eigenvalue weighted by molar-refractivity contribution is -0.127. The van der Waals surface area contributed by atoms with Gasteiger partial charge in [-0.05, 0) is 134 Å². The Morgan fingerprint density at radius 2 is 1.02 bits per heavy atom. The predicted molar refractivity (Wildman–Crippen MR) is 454 cm³/mol. The molecule has 0 spiro atoms. The van der Waals surface area contributed by atoms with E-state index in [-0.39, 0.29) is 41.4 Å². The molecule has 26 nitrogen and oxygen atoms in total. The summed E-state index contributed by atoms with van der Waals surface area (Å²) in [6.45, 7) is 39.0. The minimum Gasteiger partial charge on any atom is -0.508 e. The molecule has 604 valence electrons. The maximum Gasteiger partial charge on any atom is 0.318 e. The number of amides is 3. The summed E-state index contributed by atoms with van der Waals surface area (Å²) in [5.74, 6) is 4.15. The molecule has 0 saturated carbocycles. The number of phenolic OH excluding ortho intramolecular Hbond substituents is 2. The van der Waals surface area contributed by atoms with Crippen molar-refractivity contribution < 1.29 is 34.1 Å². The molecule has 0 aliphatic carbocycles. The molecule has 4 saturated heterocycles. The Bertz CT molecular complexity index is 4700. The van der Waals surface area contributed by atoms with E-state index < -0.39 is 0 Å². The third kappa shape index (κ3) is 19.4. The van der Waals surface area contributed by atoms with Crippen LogP contribution in [0.25, 0.3) is 21.5 Å². The molecule has 15 rings (SSSR count). The summed E-state index contributed by atoms with van der Waals surface area (Å²) in [6, 6.07) is 35.5. The van der Waals surface area contributed by atoms with Crippen LogP contribution in [-0.2, 0) is 53.3 Å². The number of benzene rings is 5. The van der Waals surface area contributed by atoms with Gasteiger partial charge in [0.05, 0.1) is 36.8 Å². The van der Waals surface area contributed by atoms with Gasteiger partial charge in [-0.1, -0.05) is 106 Å². The van der Waals surface area contributed by atoms with Gasteiger partial charge < -0.3 is 73.6 Å². The first-order valence-electron chi connectivity index (χ1n) is 40.7. The van der Waals surface area contributed by atoms with Gasteiger partial charge in [-0.25, -0.2) is 4.98 Å². The molecular weight excluding hydrogens is 1440 g/mol. The lowest BCUT2D eigenvalue weighted by atomic mass is 10.00. The van der Waals surface area contributed by atoms with Crippen LogP contribution in [0.1, 0.15) is 85.9 Å². The molecule has 3 atom stereocenters. The van der Waals surface area contributed by atoms with E-state index in [9.17, 15) is 24.6 Å². The molecule has 114 heavy (non-hydrogen) atoms. The van der Waals surface area contributed by atoms with E-state index in [1.165, 1.54) is 41.3 Å². The fourth-order valence-electron chi connectivity index (χ4n) is 16.9. The second-order valence-electron chi connectivity index (χ2n) is 31.4. The lowest BCUT2D eigenvalue weighted by Gasteiger charge is -2.42. The van der Waals surface area contributed by atoms with E-state index in [0.29, 0.717) is 83.6 Å². The highest BCUT2D eigenvalue weighted by Gasteiger charge is 2.36. The van der Waals surface area contributed by atoms with Crippen LogP contribution in [0.4, 0.5) is 34.8 Å². The number of rotatable bonds is 22. The maximum atomic E-state index is 12.3. The molecule has 26 heteroatoms. The number of hydrogen-bond donors (Lipinski definition) is 2. The summed E-state index contributed by atoms with van der Waals surface area (Å²) in [5, 5.41) is 25.2. The molecule has 3 aromatic heterocycles. The van der Waals surface area contributed by atoms with E-state index in [4.69, 9.17) is 39.4 Å². The summed E-state index contributed by atoms with van der Waals surface area (Å²) in [6.07, 6.45) is 8.66. The second kappa shape index (κ2) is 37.5. The molecule has 5 aromatic carbocycles. The molecule has 0 radical (unpaired) electrons. The standard InChI is InChI=1S/C31H39N7O2.C30H38N6O3.C27H38N6O2/c1-3-10-34-12-14-37(15-13-34)31-32-27-22-38(28-21-24(39)20-23-7-5-6-8-25(23)28)11-9-26(27)30(33-31)36-18-16-35(17-19-36)29(40)4-2;1-6-28(38)35-13-14-36(20(2)17-35)29-25-11-12-34(27-16-23(37)15-22-9-7-8-10-24(22)27)19-26(25)31-30(32-29)39-21(3)18-33(4)5;1-5-25(34)31-15-17-32(18-16-31)26-23-12-14-33(21(2)22-10-7-6-8-11-22)20-24(23)28-27(29-26)35-19-9-13-30(3)4/h4-8,20-21,39H,2-3,9-19,22H2,1H3;6-10,15-16,20-21,37H,1,11-14,17-19H2,2-5H3;5-8,10-11,21H,1,9,12-20H2,2-4H3/t;20-,21+;/m.0./s1. The van der Waals surface area contributed by atoms with Crippen LogP contribution in [0.3, 0.4) is 0 Å². The van der Waals surface area contributed by atoms with Crippen molar-refractivity contribution >= 4 is 74.0 Å². The van der Waals surface area contributed by atoms with Gasteiger partial charge in [-0.15, -0.1) is 0 Å². The Kier molecular flexibility index (Phi) is 26.8. The van der Waals surface area contributed by atoms with Crippen LogP contribution in [0.15, 0.2) is 141 Å². The van der Waals surface area contributed by atoms with Gasteiger partial charge >= 0.3 is 12.0 Å². The van der Waals surface area contributed by atoms with E-state index in [0.717, 1.165) is 203 Å². The van der Waals surface area contributed by atoms with Crippen LogP contribution in [0.2, 0.25) is 0 Å². The second-order valence-corrected chi connectivity index (χ2v) is 31.4. The number of fused-ring (bicyclic) bond motifs is 5. The predicted octanol–water partition coefficient (Wildman–Crippen LogP) is 9.48. The molecule has 8 aromatic rings. The van der Waals surface area contributed by atoms with E-state index in [1.54, 1.807) is 6.07 Å². The number of likely N-dealkylation sites (N-methyl/N-ethyl adjacent to an activating group) is 1. The smallest absolute Gasteiger partial charge is 0.318 e. The molecule has 2 N–H and O–H groups in total. The fraction of sp³-hybridized carbons (Fsp3) is 0.466. The van der Waals surface area contributed by atoms with Gasteiger partial charge in [0, 0.05) is 200 Å². The zero-order chi connectivity index (χ0) is 80.1. The average molecular weight is 1550 g/mol. The number of piperazine rings is 4. The summed E-state index contributed by atoms with van der Waals surface area (Å²) in [4.78, 5) is 95.1. The minimum absolute atomic E-state index is 0.00942. The van der Waals surface area contributed by atoms with Gasteiger partial charge in [-0.2, -0.15) is 24.9 Å². The quantitative estimate of drug-likeness (QED) is 0.0475. The number of carbonyl (C=O) groups is 3. The van der Waals surface area contributed by atoms with Crippen molar-refractivity contribution in [3.05, 3.63) is 180 Å². The van der Waals surface area contributed by atoms with Crippen molar-refractivity contribution in [2.45, 2.75) is 97.6 Å². The van der Waals surface area contributed by atoms with Gasteiger partial charge in [0.25, 0.3) is 0 Å². The summed E-state index contributed by atoms with van der Waals surface area (Å²) in [7, 11) is 8.16. The Labute approximate surface area is 672 Å².